The van der Waals surface area contributed by atoms with Crippen LogP contribution >= 0.6 is 11.6 Å². The van der Waals surface area contributed by atoms with E-state index in [1.54, 1.807) is 31.2 Å². The molecule has 2 N–H and O–H groups in total. The van der Waals surface area contributed by atoms with E-state index in [4.69, 9.17) is 16.3 Å². The number of hydrogen-bond acceptors (Lipinski definition) is 3. The van der Waals surface area contributed by atoms with Gasteiger partial charge in [0.15, 0.2) is 6.10 Å². The molecule has 5 nitrogen and oxygen atoms in total. The van der Waals surface area contributed by atoms with Crippen LogP contribution in [0.3, 0.4) is 0 Å². The molecule has 1 saturated carbocycles. The van der Waals surface area contributed by atoms with Crippen LogP contribution in [0.1, 0.15) is 26.7 Å². The molecule has 2 unspecified atom stereocenters. The summed E-state index contributed by atoms with van der Waals surface area (Å²) in [7, 11) is 0. The van der Waals surface area contributed by atoms with E-state index in [9.17, 15) is 14.7 Å². The van der Waals surface area contributed by atoms with Crippen molar-refractivity contribution in [2.45, 2.75) is 38.3 Å². The Kier molecular flexibility index (Phi) is 4.42. The molecule has 1 aromatic rings. The second-order valence-corrected chi connectivity index (χ2v) is 5.87. The molecule has 1 fully saturated rings. The Morgan fingerprint density at radius 1 is 1.43 bits per heavy atom. The quantitative estimate of drug-likeness (QED) is 0.846. The molecule has 1 aliphatic carbocycles. The lowest BCUT2D eigenvalue weighted by atomic mass is 9.95. The van der Waals surface area contributed by atoms with Crippen molar-refractivity contribution in [3.05, 3.63) is 29.3 Å². The second kappa shape index (κ2) is 5.93. The highest BCUT2D eigenvalue weighted by atomic mass is 35.5. The summed E-state index contributed by atoms with van der Waals surface area (Å²) in [4.78, 5) is 23.6. The van der Waals surface area contributed by atoms with E-state index in [0.717, 1.165) is 12.8 Å². The van der Waals surface area contributed by atoms with Gasteiger partial charge in [-0.15, -0.1) is 0 Å². The van der Waals surface area contributed by atoms with Gasteiger partial charge >= 0.3 is 5.97 Å². The zero-order chi connectivity index (χ0) is 15.6. The van der Waals surface area contributed by atoms with E-state index in [-0.39, 0.29) is 5.92 Å². The molecule has 0 radical (unpaired) electrons. The van der Waals surface area contributed by atoms with Gasteiger partial charge in [-0.1, -0.05) is 23.7 Å². The number of rotatable bonds is 6. The van der Waals surface area contributed by atoms with Gasteiger partial charge in [-0.3, -0.25) is 4.79 Å². The zero-order valence-electron chi connectivity index (χ0n) is 11.9. The SMILES string of the molecule is CC(Oc1ccccc1Cl)C(=O)NC(C)(C(=O)O)C1CC1. The van der Waals surface area contributed by atoms with Crippen molar-refractivity contribution in [1.29, 1.82) is 0 Å². The van der Waals surface area contributed by atoms with Gasteiger partial charge in [0.05, 0.1) is 5.02 Å². The average Bonchev–Trinajstić information content (AvgIpc) is 3.25. The summed E-state index contributed by atoms with van der Waals surface area (Å²) >= 11 is 5.97. The van der Waals surface area contributed by atoms with Crippen LogP contribution in [0.5, 0.6) is 5.75 Å². The predicted octanol–water partition coefficient (Wildman–Crippen LogP) is 2.48. The van der Waals surface area contributed by atoms with Crippen LogP contribution in [-0.4, -0.2) is 28.6 Å². The Bertz CT molecular complexity index is 558. The van der Waals surface area contributed by atoms with Crippen LogP contribution in [0.4, 0.5) is 0 Å². The van der Waals surface area contributed by atoms with Crippen molar-refractivity contribution >= 4 is 23.5 Å². The number of hydrogen-bond donors (Lipinski definition) is 2. The number of nitrogens with one attached hydrogen (secondary N) is 1. The molecule has 1 amide bonds. The monoisotopic (exact) mass is 311 g/mol. The Hall–Kier alpha value is -1.75. The number of carbonyl (C=O) groups excluding carboxylic acids is 1. The molecule has 0 heterocycles. The number of ether oxygens (including phenoxy) is 1. The fourth-order valence-electron chi connectivity index (χ4n) is 2.13. The van der Waals surface area contributed by atoms with E-state index in [1.807, 2.05) is 0 Å². The van der Waals surface area contributed by atoms with Crippen LogP contribution < -0.4 is 10.1 Å². The van der Waals surface area contributed by atoms with Crippen LogP contribution in [0.15, 0.2) is 24.3 Å². The minimum atomic E-state index is -1.24. The third-order valence-electron chi connectivity index (χ3n) is 3.73. The van der Waals surface area contributed by atoms with Gasteiger partial charge in [-0.05, 0) is 44.7 Å². The topological polar surface area (TPSA) is 75.6 Å². The molecule has 114 valence electrons. The number of para-hydroxylation sites is 1. The molecule has 1 aromatic carbocycles. The molecule has 1 aliphatic rings. The van der Waals surface area contributed by atoms with Crippen LogP contribution in [0, 0.1) is 5.92 Å². The van der Waals surface area contributed by atoms with Gasteiger partial charge in [-0.25, -0.2) is 4.79 Å². The predicted molar refractivity (Wildman–Crippen MR) is 78.4 cm³/mol. The standard InChI is InChI=1S/C15H18ClNO4/c1-9(21-12-6-4-3-5-11(12)16)13(18)17-15(2,14(19)20)10-7-8-10/h3-6,9-10H,7-8H2,1-2H3,(H,17,18)(H,19,20). The van der Waals surface area contributed by atoms with Crippen molar-refractivity contribution in [2.24, 2.45) is 5.92 Å². The number of halogens is 1. The first-order valence-corrected chi connectivity index (χ1v) is 7.19. The number of carboxylic acid groups (broad SMARTS) is 1. The third kappa shape index (κ3) is 3.47. The Morgan fingerprint density at radius 2 is 2.05 bits per heavy atom. The average molecular weight is 312 g/mol. The van der Waals surface area contributed by atoms with Gasteiger partial charge in [0, 0.05) is 0 Å². The Balaban J connectivity index is 2.02. The first-order chi connectivity index (χ1) is 9.84. The summed E-state index contributed by atoms with van der Waals surface area (Å²) in [6, 6.07) is 6.82. The number of benzene rings is 1. The first kappa shape index (κ1) is 15.6. The summed E-state index contributed by atoms with van der Waals surface area (Å²) in [5.41, 5.74) is -1.24. The van der Waals surface area contributed by atoms with Gasteiger partial charge < -0.3 is 15.2 Å². The largest absolute Gasteiger partial charge is 0.480 e. The smallest absolute Gasteiger partial charge is 0.329 e. The van der Waals surface area contributed by atoms with Crippen molar-refractivity contribution in [2.75, 3.05) is 0 Å². The molecule has 0 bridgehead atoms. The van der Waals surface area contributed by atoms with Crippen molar-refractivity contribution in [1.82, 2.24) is 5.32 Å². The number of carboxylic acids is 1. The molecular weight excluding hydrogens is 294 g/mol. The maximum absolute atomic E-state index is 12.2. The normalized spacial score (nSPS) is 18.4. The van der Waals surface area contributed by atoms with Crippen LogP contribution in [-0.2, 0) is 9.59 Å². The zero-order valence-corrected chi connectivity index (χ0v) is 12.7. The molecule has 2 atom stereocenters. The lowest BCUT2D eigenvalue weighted by Gasteiger charge is -2.28. The van der Waals surface area contributed by atoms with Crippen LogP contribution in [0.25, 0.3) is 0 Å². The number of amides is 1. The Labute approximate surface area is 128 Å². The summed E-state index contributed by atoms with van der Waals surface area (Å²) < 4.78 is 5.50. The van der Waals surface area contributed by atoms with E-state index in [1.165, 1.54) is 6.92 Å². The third-order valence-corrected chi connectivity index (χ3v) is 4.04. The fraction of sp³-hybridized carbons (Fsp3) is 0.467. The summed E-state index contributed by atoms with van der Waals surface area (Å²) in [5.74, 6) is -1.12. The maximum atomic E-state index is 12.2. The Morgan fingerprint density at radius 3 is 2.57 bits per heavy atom. The lowest BCUT2D eigenvalue weighted by Crippen LogP contribution is -2.56. The molecule has 6 heteroatoms. The van der Waals surface area contributed by atoms with Gasteiger partial charge in [0.25, 0.3) is 5.91 Å². The minimum absolute atomic E-state index is 0.0218. The second-order valence-electron chi connectivity index (χ2n) is 5.46. The van der Waals surface area contributed by atoms with E-state index < -0.39 is 23.5 Å². The molecule has 0 aromatic heterocycles. The molecule has 0 aliphatic heterocycles. The van der Waals surface area contributed by atoms with Crippen molar-refractivity contribution in [3.63, 3.8) is 0 Å². The summed E-state index contributed by atoms with van der Waals surface area (Å²) in [6.07, 6.45) is 0.786. The fourth-order valence-corrected chi connectivity index (χ4v) is 2.31. The maximum Gasteiger partial charge on any atom is 0.329 e. The van der Waals surface area contributed by atoms with Crippen LogP contribution in [0.2, 0.25) is 5.02 Å². The van der Waals surface area contributed by atoms with E-state index >= 15 is 0 Å². The first-order valence-electron chi connectivity index (χ1n) is 6.81. The minimum Gasteiger partial charge on any atom is -0.480 e. The van der Waals surface area contributed by atoms with E-state index in [0.29, 0.717) is 10.8 Å². The van der Waals surface area contributed by atoms with Crippen molar-refractivity contribution < 1.29 is 19.4 Å². The van der Waals surface area contributed by atoms with Crippen molar-refractivity contribution in [3.8, 4) is 5.75 Å². The highest BCUT2D eigenvalue weighted by Crippen LogP contribution is 2.39. The lowest BCUT2D eigenvalue weighted by molar-refractivity contribution is -0.149. The number of aliphatic carboxylic acids is 1. The van der Waals surface area contributed by atoms with Gasteiger partial charge in [-0.2, -0.15) is 0 Å². The molecule has 21 heavy (non-hydrogen) atoms. The van der Waals surface area contributed by atoms with E-state index in [2.05, 4.69) is 5.32 Å². The number of carbonyl (C=O) groups is 2. The molecule has 0 saturated heterocycles. The molecular formula is C15H18ClNO4. The van der Waals surface area contributed by atoms with Gasteiger partial charge in [0.1, 0.15) is 11.3 Å². The highest BCUT2D eigenvalue weighted by molar-refractivity contribution is 6.32. The highest BCUT2D eigenvalue weighted by Gasteiger charge is 2.49. The van der Waals surface area contributed by atoms with Gasteiger partial charge in [0.2, 0.25) is 0 Å². The summed E-state index contributed by atoms with van der Waals surface area (Å²) in [6.45, 7) is 3.10. The summed E-state index contributed by atoms with van der Waals surface area (Å²) in [5, 5.41) is 12.3. The molecule has 2 rings (SSSR count). The molecule has 0 spiro atoms.